The highest BCUT2D eigenvalue weighted by atomic mass is 19.4. The van der Waals surface area contributed by atoms with E-state index in [2.05, 4.69) is 10.1 Å². The van der Waals surface area contributed by atoms with E-state index in [-0.39, 0.29) is 11.8 Å². The fourth-order valence-electron chi connectivity index (χ4n) is 3.35. The van der Waals surface area contributed by atoms with Gasteiger partial charge < -0.3 is 0 Å². The highest BCUT2D eigenvalue weighted by Gasteiger charge is 2.35. The summed E-state index contributed by atoms with van der Waals surface area (Å²) in [6.45, 7) is 0. The number of halogens is 3. The molecule has 0 saturated heterocycles. The number of amides is 1. The van der Waals surface area contributed by atoms with E-state index in [4.69, 9.17) is 0 Å². The normalized spacial score (nSPS) is 20.0. The first-order valence-corrected chi connectivity index (χ1v) is 7.95. The molecule has 2 aromatic rings. The fraction of sp³-hybridized carbons (Fsp3) is 0.278. The van der Waals surface area contributed by atoms with E-state index >= 15 is 0 Å². The van der Waals surface area contributed by atoms with Gasteiger partial charge in [-0.3, -0.25) is 9.78 Å². The fourth-order valence-corrected chi connectivity index (χ4v) is 3.35. The van der Waals surface area contributed by atoms with Crippen LogP contribution in [-0.4, -0.2) is 16.6 Å². The van der Waals surface area contributed by atoms with Gasteiger partial charge in [0.25, 0.3) is 0 Å². The zero-order valence-corrected chi connectivity index (χ0v) is 13.1. The van der Waals surface area contributed by atoms with Crippen molar-refractivity contribution in [3.63, 3.8) is 0 Å². The van der Waals surface area contributed by atoms with E-state index in [1.54, 1.807) is 12.4 Å². The Balaban J connectivity index is 1.73. The third kappa shape index (κ3) is 2.79. The summed E-state index contributed by atoms with van der Waals surface area (Å²) in [5, 5.41) is 5.67. The van der Waals surface area contributed by atoms with E-state index in [0.717, 1.165) is 41.8 Å². The third-order valence-electron chi connectivity index (χ3n) is 4.64. The van der Waals surface area contributed by atoms with Gasteiger partial charge >= 0.3 is 6.18 Å². The van der Waals surface area contributed by atoms with E-state index in [1.807, 2.05) is 6.07 Å². The minimum atomic E-state index is -4.41. The number of aryl methyl sites for hydroxylation is 1. The summed E-state index contributed by atoms with van der Waals surface area (Å²) in [5.41, 5.74) is 2.42. The number of carbonyl (C=O) groups is 1. The first-order chi connectivity index (χ1) is 11.9. The van der Waals surface area contributed by atoms with Gasteiger partial charge in [0.2, 0.25) is 5.91 Å². The minimum absolute atomic E-state index is 0.0369. The van der Waals surface area contributed by atoms with Crippen molar-refractivity contribution in [2.75, 3.05) is 5.01 Å². The van der Waals surface area contributed by atoms with Gasteiger partial charge in [-0.05, 0) is 48.7 Å². The second kappa shape index (κ2) is 5.68. The Kier molecular flexibility index (Phi) is 3.59. The topological polar surface area (TPSA) is 45.6 Å². The Morgan fingerprint density at radius 3 is 2.60 bits per heavy atom. The molecule has 128 valence electrons. The predicted molar refractivity (Wildman–Crippen MR) is 86.1 cm³/mol. The number of fused-ring (bicyclic) bond motifs is 3. The molecule has 1 aliphatic heterocycles. The highest BCUT2D eigenvalue weighted by Crippen LogP contribution is 2.35. The lowest BCUT2D eigenvalue weighted by Gasteiger charge is -2.33. The maximum Gasteiger partial charge on any atom is 0.416 e. The third-order valence-corrected chi connectivity index (χ3v) is 4.64. The summed E-state index contributed by atoms with van der Waals surface area (Å²) < 4.78 is 38.1. The second-order valence-corrected chi connectivity index (χ2v) is 6.21. The molecule has 4 rings (SSSR count). The van der Waals surface area contributed by atoms with Gasteiger partial charge in [-0.15, -0.1) is 0 Å². The highest BCUT2D eigenvalue weighted by molar-refractivity contribution is 6.11. The van der Waals surface area contributed by atoms with Crippen molar-refractivity contribution in [2.45, 2.75) is 25.4 Å². The smallest absolute Gasteiger partial charge is 0.273 e. The lowest BCUT2D eigenvalue weighted by Crippen LogP contribution is -2.39. The van der Waals surface area contributed by atoms with Gasteiger partial charge in [0.15, 0.2) is 0 Å². The van der Waals surface area contributed by atoms with E-state index < -0.39 is 11.7 Å². The van der Waals surface area contributed by atoms with Crippen LogP contribution in [0.3, 0.4) is 0 Å². The minimum Gasteiger partial charge on any atom is -0.273 e. The average molecular weight is 345 g/mol. The SMILES string of the molecule is O=C1CC2CCc3ccncc3C2=NN1c1ccc(C(F)(F)F)cc1. The lowest BCUT2D eigenvalue weighted by atomic mass is 9.80. The van der Waals surface area contributed by atoms with Crippen LogP contribution in [0, 0.1) is 5.92 Å². The van der Waals surface area contributed by atoms with Crippen molar-refractivity contribution in [3.8, 4) is 0 Å². The number of carbonyl (C=O) groups excluding carboxylic acids is 1. The molecule has 1 aliphatic carbocycles. The average Bonchev–Trinajstić information content (AvgIpc) is 2.60. The number of hydrogen-bond donors (Lipinski definition) is 0. The molecular weight excluding hydrogens is 331 g/mol. The van der Waals surface area contributed by atoms with Gasteiger partial charge in [0, 0.05) is 30.3 Å². The van der Waals surface area contributed by atoms with Crippen molar-refractivity contribution >= 4 is 17.3 Å². The van der Waals surface area contributed by atoms with Crippen molar-refractivity contribution < 1.29 is 18.0 Å². The van der Waals surface area contributed by atoms with Gasteiger partial charge in [-0.1, -0.05) is 0 Å². The maximum atomic E-state index is 12.7. The number of anilines is 1. The zero-order chi connectivity index (χ0) is 17.6. The quantitative estimate of drug-likeness (QED) is 0.789. The molecule has 25 heavy (non-hydrogen) atoms. The lowest BCUT2D eigenvalue weighted by molar-refractivity contribution is -0.137. The molecule has 0 fully saturated rings. The molecule has 2 aliphatic rings. The number of benzene rings is 1. The second-order valence-electron chi connectivity index (χ2n) is 6.21. The summed E-state index contributed by atoms with van der Waals surface area (Å²) in [5.74, 6) is -0.171. The Morgan fingerprint density at radius 2 is 1.88 bits per heavy atom. The molecule has 4 nitrogen and oxygen atoms in total. The first kappa shape index (κ1) is 15.8. The zero-order valence-electron chi connectivity index (χ0n) is 13.1. The van der Waals surface area contributed by atoms with Crippen LogP contribution in [0.5, 0.6) is 0 Å². The van der Waals surface area contributed by atoms with Crippen molar-refractivity contribution in [1.82, 2.24) is 4.98 Å². The van der Waals surface area contributed by atoms with Gasteiger partial charge in [0.1, 0.15) is 0 Å². The Hall–Kier alpha value is -2.70. The maximum absolute atomic E-state index is 12.7. The Labute approximate surface area is 142 Å². The molecule has 1 amide bonds. The van der Waals surface area contributed by atoms with Crippen LogP contribution in [0.25, 0.3) is 0 Å². The monoisotopic (exact) mass is 345 g/mol. The van der Waals surface area contributed by atoms with Gasteiger partial charge in [0.05, 0.1) is 17.0 Å². The number of rotatable bonds is 1. The molecular formula is C18H14F3N3O. The van der Waals surface area contributed by atoms with Crippen molar-refractivity contribution in [3.05, 3.63) is 59.4 Å². The molecule has 1 aromatic carbocycles. The molecule has 0 saturated carbocycles. The molecule has 7 heteroatoms. The van der Waals surface area contributed by atoms with Crippen molar-refractivity contribution in [2.24, 2.45) is 11.0 Å². The van der Waals surface area contributed by atoms with Crippen LogP contribution in [0.2, 0.25) is 0 Å². The number of hydrazone groups is 1. The van der Waals surface area contributed by atoms with E-state index in [1.165, 1.54) is 17.1 Å². The number of pyridine rings is 1. The van der Waals surface area contributed by atoms with E-state index in [0.29, 0.717) is 12.1 Å². The molecule has 0 radical (unpaired) electrons. The summed E-state index contributed by atoms with van der Waals surface area (Å²) in [4.78, 5) is 16.6. The van der Waals surface area contributed by atoms with Crippen LogP contribution in [0.15, 0.2) is 47.8 Å². The van der Waals surface area contributed by atoms with Crippen LogP contribution >= 0.6 is 0 Å². The number of hydrogen-bond acceptors (Lipinski definition) is 3. The summed E-state index contributed by atoms with van der Waals surface area (Å²) in [7, 11) is 0. The number of nitrogens with zero attached hydrogens (tertiary/aromatic N) is 3. The first-order valence-electron chi connectivity index (χ1n) is 7.95. The Bertz CT molecular complexity index is 859. The van der Waals surface area contributed by atoms with Crippen LogP contribution in [-0.2, 0) is 17.4 Å². The number of alkyl halides is 3. The molecule has 0 bridgehead atoms. The van der Waals surface area contributed by atoms with Crippen LogP contribution < -0.4 is 5.01 Å². The molecule has 1 aromatic heterocycles. The molecule has 1 unspecified atom stereocenters. The Morgan fingerprint density at radius 1 is 1.12 bits per heavy atom. The number of aromatic nitrogens is 1. The van der Waals surface area contributed by atoms with Crippen molar-refractivity contribution in [1.29, 1.82) is 0 Å². The molecule has 0 N–H and O–H groups in total. The molecule has 1 atom stereocenters. The van der Waals surface area contributed by atoms with Gasteiger partial charge in [-0.2, -0.15) is 18.3 Å². The summed E-state index contributed by atoms with van der Waals surface area (Å²) in [6, 6.07) is 6.42. The van der Waals surface area contributed by atoms with Crippen LogP contribution in [0.4, 0.5) is 18.9 Å². The standard InChI is InChI=1S/C18H14F3N3O/c19-18(20,21)13-3-5-14(6-4-13)24-16(25)9-12-2-1-11-7-8-22-10-15(11)17(12)23-24/h3-8,10,12H,1-2,9H2. The van der Waals surface area contributed by atoms with E-state index in [9.17, 15) is 18.0 Å². The molecule has 2 heterocycles. The summed E-state index contributed by atoms with van der Waals surface area (Å²) >= 11 is 0. The predicted octanol–water partition coefficient (Wildman–Crippen LogP) is 3.80. The summed E-state index contributed by atoms with van der Waals surface area (Å²) in [6.07, 6.45) is 1.06. The largest absolute Gasteiger partial charge is 0.416 e. The van der Waals surface area contributed by atoms with Gasteiger partial charge in [-0.25, -0.2) is 5.01 Å². The van der Waals surface area contributed by atoms with Crippen LogP contribution in [0.1, 0.15) is 29.5 Å². The molecule has 0 spiro atoms.